The fourth-order valence-electron chi connectivity index (χ4n) is 2.62. The molecule has 1 N–H and O–H groups in total. The van der Waals surface area contributed by atoms with Crippen LogP contribution in [0.15, 0.2) is 0 Å². The first-order valence-corrected chi connectivity index (χ1v) is 7.35. The molecule has 18 heavy (non-hydrogen) atoms. The lowest BCUT2D eigenvalue weighted by Gasteiger charge is -2.35. The fourth-order valence-corrected chi connectivity index (χ4v) is 2.62. The molecule has 1 saturated heterocycles. The molecule has 0 aromatic heterocycles. The molecule has 0 bridgehead atoms. The number of nitriles is 1. The van der Waals surface area contributed by atoms with Crippen molar-refractivity contribution < 1.29 is 0 Å². The summed E-state index contributed by atoms with van der Waals surface area (Å²) in [6.45, 7) is 13.0. The third kappa shape index (κ3) is 4.96. The Labute approximate surface area is 113 Å². The molecule has 1 heterocycles. The minimum absolute atomic E-state index is 0.253. The highest BCUT2D eigenvalue weighted by atomic mass is 15.1. The molecular weight excluding hydrogens is 222 g/mol. The highest BCUT2D eigenvalue weighted by Crippen LogP contribution is 2.21. The molecule has 0 spiro atoms. The van der Waals surface area contributed by atoms with E-state index in [0.717, 1.165) is 12.5 Å². The van der Waals surface area contributed by atoms with Gasteiger partial charge in [0, 0.05) is 12.6 Å². The third-order valence-electron chi connectivity index (χ3n) is 4.05. The van der Waals surface area contributed by atoms with Crippen LogP contribution in [0.5, 0.6) is 0 Å². The zero-order valence-electron chi connectivity index (χ0n) is 12.5. The standard InChI is InChI=1S/C15H29N3/c1-5-8-18-9-6-14(7-10-18)13(2)17-12-15(3,4)11-16/h13-14,17H,5-10,12H2,1-4H3. The lowest BCUT2D eigenvalue weighted by molar-refractivity contribution is 0.160. The summed E-state index contributed by atoms with van der Waals surface area (Å²) in [6.07, 6.45) is 3.84. The van der Waals surface area contributed by atoms with E-state index in [2.05, 4.69) is 30.1 Å². The van der Waals surface area contributed by atoms with Gasteiger partial charge in [0.25, 0.3) is 0 Å². The van der Waals surface area contributed by atoms with Crippen LogP contribution in [0.1, 0.15) is 47.0 Å². The molecule has 0 saturated carbocycles. The number of hydrogen-bond donors (Lipinski definition) is 1. The maximum atomic E-state index is 9.01. The minimum atomic E-state index is -0.253. The zero-order chi connectivity index (χ0) is 13.6. The Bertz CT molecular complexity index is 272. The first-order valence-electron chi connectivity index (χ1n) is 7.35. The Morgan fingerprint density at radius 1 is 1.39 bits per heavy atom. The third-order valence-corrected chi connectivity index (χ3v) is 4.05. The Kier molecular flexibility index (Phi) is 6.11. The van der Waals surface area contributed by atoms with Crippen molar-refractivity contribution >= 4 is 0 Å². The van der Waals surface area contributed by atoms with Crippen LogP contribution >= 0.6 is 0 Å². The minimum Gasteiger partial charge on any atom is -0.312 e. The van der Waals surface area contributed by atoms with Crippen LogP contribution in [0.2, 0.25) is 0 Å². The highest BCUT2D eigenvalue weighted by Gasteiger charge is 2.25. The number of piperidine rings is 1. The van der Waals surface area contributed by atoms with Gasteiger partial charge in [0.15, 0.2) is 0 Å². The topological polar surface area (TPSA) is 39.1 Å². The fraction of sp³-hybridized carbons (Fsp3) is 0.933. The van der Waals surface area contributed by atoms with Crippen LogP contribution < -0.4 is 5.32 Å². The summed E-state index contributed by atoms with van der Waals surface area (Å²) in [4.78, 5) is 2.57. The molecule has 0 aromatic rings. The first-order chi connectivity index (χ1) is 8.48. The first kappa shape index (κ1) is 15.5. The Morgan fingerprint density at radius 3 is 2.50 bits per heavy atom. The number of nitrogens with one attached hydrogen (secondary N) is 1. The van der Waals surface area contributed by atoms with Crippen LogP contribution in [0, 0.1) is 22.7 Å². The molecule has 1 aliphatic rings. The van der Waals surface area contributed by atoms with E-state index in [0.29, 0.717) is 6.04 Å². The van der Waals surface area contributed by atoms with Crippen LogP contribution in [-0.4, -0.2) is 37.1 Å². The monoisotopic (exact) mass is 251 g/mol. The van der Waals surface area contributed by atoms with Crippen molar-refractivity contribution in [3.8, 4) is 6.07 Å². The average Bonchev–Trinajstić information content (AvgIpc) is 2.37. The molecule has 104 valence electrons. The van der Waals surface area contributed by atoms with Crippen LogP contribution in [0.25, 0.3) is 0 Å². The van der Waals surface area contributed by atoms with Crippen molar-refractivity contribution in [1.29, 1.82) is 5.26 Å². The normalized spacial score (nSPS) is 20.6. The van der Waals surface area contributed by atoms with E-state index in [1.165, 1.54) is 38.9 Å². The second-order valence-electron chi connectivity index (χ2n) is 6.34. The molecule has 1 atom stereocenters. The summed E-state index contributed by atoms with van der Waals surface area (Å²) in [6, 6.07) is 2.88. The van der Waals surface area contributed by atoms with Gasteiger partial charge < -0.3 is 10.2 Å². The maximum absolute atomic E-state index is 9.01. The van der Waals surface area contributed by atoms with Gasteiger partial charge in [0.2, 0.25) is 0 Å². The second-order valence-corrected chi connectivity index (χ2v) is 6.34. The van der Waals surface area contributed by atoms with Gasteiger partial charge in [-0.2, -0.15) is 5.26 Å². The van der Waals surface area contributed by atoms with Gasteiger partial charge in [-0.1, -0.05) is 6.92 Å². The molecule has 1 fully saturated rings. The Hall–Kier alpha value is -0.590. The van der Waals surface area contributed by atoms with Crippen molar-refractivity contribution in [1.82, 2.24) is 10.2 Å². The smallest absolute Gasteiger partial charge is 0.0697 e. The molecule has 3 heteroatoms. The maximum Gasteiger partial charge on any atom is 0.0697 e. The molecule has 1 aliphatic heterocycles. The quantitative estimate of drug-likeness (QED) is 0.789. The largest absolute Gasteiger partial charge is 0.312 e. The summed E-state index contributed by atoms with van der Waals surface area (Å²) in [5, 5.41) is 12.6. The van der Waals surface area contributed by atoms with Gasteiger partial charge in [-0.15, -0.1) is 0 Å². The zero-order valence-corrected chi connectivity index (χ0v) is 12.5. The van der Waals surface area contributed by atoms with Crippen molar-refractivity contribution in [3.63, 3.8) is 0 Å². The highest BCUT2D eigenvalue weighted by molar-refractivity contribution is 4.94. The predicted molar refractivity (Wildman–Crippen MR) is 76.3 cm³/mol. The van der Waals surface area contributed by atoms with Gasteiger partial charge in [-0.3, -0.25) is 0 Å². The summed E-state index contributed by atoms with van der Waals surface area (Å²) in [5.74, 6) is 0.771. The second kappa shape index (κ2) is 7.11. The number of likely N-dealkylation sites (tertiary alicyclic amines) is 1. The number of hydrogen-bond acceptors (Lipinski definition) is 3. The number of rotatable bonds is 6. The predicted octanol–water partition coefficient (Wildman–Crippen LogP) is 2.64. The van der Waals surface area contributed by atoms with E-state index in [-0.39, 0.29) is 5.41 Å². The van der Waals surface area contributed by atoms with Crippen LogP contribution in [0.3, 0.4) is 0 Å². The molecule has 0 aromatic carbocycles. The van der Waals surface area contributed by atoms with Gasteiger partial charge in [-0.25, -0.2) is 0 Å². The number of nitrogens with zero attached hydrogens (tertiary/aromatic N) is 2. The van der Waals surface area contributed by atoms with Crippen molar-refractivity contribution in [3.05, 3.63) is 0 Å². The van der Waals surface area contributed by atoms with Gasteiger partial charge in [0.1, 0.15) is 0 Å². The van der Waals surface area contributed by atoms with E-state index in [9.17, 15) is 0 Å². The summed E-state index contributed by atoms with van der Waals surface area (Å²) < 4.78 is 0. The van der Waals surface area contributed by atoms with E-state index in [1.807, 2.05) is 13.8 Å². The van der Waals surface area contributed by atoms with Gasteiger partial charge in [0.05, 0.1) is 11.5 Å². The van der Waals surface area contributed by atoms with Crippen LogP contribution in [0.4, 0.5) is 0 Å². The van der Waals surface area contributed by atoms with E-state index >= 15 is 0 Å². The van der Waals surface area contributed by atoms with E-state index in [4.69, 9.17) is 5.26 Å². The molecule has 0 aliphatic carbocycles. The SMILES string of the molecule is CCCN1CCC(C(C)NCC(C)(C)C#N)CC1. The summed E-state index contributed by atoms with van der Waals surface area (Å²) in [5.41, 5.74) is -0.253. The summed E-state index contributed by atoms with van der Waals surface area (Å²) >= 11 is 0. The molecule has 3 nitrogen and oxygen atoms in total. The van der Waals surface area contributed by atoms with E-state index in [1.54, 1.807) is 0 Å². The van der Waals surface area contributed by atoms with Crippen molar-refractivity contribution in [2.75, 3.05) is 26.2 Å². The van der Waals surface area contributed by atoms with E-state index < -0.39 is 0 Å². The van der Waals surface area contributed by atoms with Gasteiger partial charge >= 0.3 is 0 Å². The Morgan fingerprint density at radius 2 is 2.00 bits per heavy atom. The lowest BCUT2D eigenvalue weighted by atomic mass is 9.88. The molecule has 1 rings (SSSR count). The molecule has 0 radical (unpaired) electrons. The van der Waals surface area contributed by atoms with Crippen LogP contribution in [-0.2, 0) is 0 Å². The Balaban J connectivity index is 2.28. The molecule has 1 unspecified atom stereocenters. The van der Waals surface area contributed by atoms with Crippen molar-refractivity contribution in [2.24, 2.45) is 11.3 Å². The average molecular weight is 251 g/mol. The summed E-state index contributed by atoms with van der Waals surface area (Å²) in [7, 11) is 0. The molecule has 0 amide bonds. The van der Waals surface area contributed by atoms with Crippen molar-refractivity contribution in [2.45, 2.75) is 53.0 Å². The van der Waals surface area contributed by atoms with Gasteiger partial charge in [-0.05, 0) is 65.6 Å². The lowest BCUT2D eigenvalue weighted by Crippen LogP contribution is -2.44. The molecular formula is C15H29N3.